The minimum Gasteiger partial charge on any atom is -0.325 e. The van der Waals surface area contributed by atoms with Crippen LogP contribution >= 0.6 is 11.3 Å². The van der Waals surface area contributed by atoms with Crippen LogP contribution in [0.3, 0.4) is 0 Å². The van der Waals surface area contributed by atoms with Crippen LogP contribution in [0.15, 0.2) is 54.6 Å². The maximum atomic E-state index is 13.7. The van der Waals surface area contributed by atoms with Crippen molar-refractivity contribution in [2.45, 2.75) is 39.7 Å². The van der Waals surface area contributed by atoms with E-state index in [-0.39, 0.29) is 17.8 Å². The van der Waals surface area contributed by atoms with Crippen molar-refractivity contribution < 1.29 is 14.1 Å². The van der Waals surface area contributed by atoms with Crippen molar-refractivity contribution in [3.8, 4) is 0 Å². The Bertz CT molecular complexity index is 1040. The number of hydrogen-bond acceptors (Lipinski definition) is 2. The van der Waals surface area contributed by atoms with E-state index in [4.69, 9.17) is 0 Å². The van der Waals surface area contributed by atoms with E-state index in [9.17, 15) is 9.18 Å². The number of carbonyl (C=O) groups is 1. The van der Waals surface area contributed by atoms with E-state index in [2.05, 4.69) is 26.1 Å². The number of aryl methyl sites for hydroxylation is 1. The van der Waals surface area contributed by atoms with Crippen LogP contribution in [0.1, 0.15) is 57.7 Å². The second-order valence-electron chi connectivity index (χ2n) is 8.67. The third-order valence-corrected chi connectivity index (χ3v) is 7.65. The summed E-state index contributed by atoms with van der Waals surface area (Å²) >= 11 is 1.64. The highest BCUT2D eigenvalue weighted by molar-refractivity contribution is 7.16. The molecule has 1 atom stereocenters. The summed E-state index contributed by atoms with van der Waals surface area (Å²) in [5.74, 6) is 0.420. The summed E-state index contributed by atoms with van der Waals surface area (Å²) in [5.41, 5.74) is 4.13. The van der Waals surface area contributed by atoms with Gasteiger partial charge in [0, 0.05) is 16.0 Å². The molecule has 0 saturated carbocycles. The van der Waals surface area contributed by atoms with Crippen LogP contribution in [0.4, 0.5) is 9.39 Å². The normalized spacial score (nSPS) is 19.7. The van der Waals surface area contributed by atoms with Crippen molar-refractivity contribution in [2.24, 2.45) is 5.92 Å². The second-order valence-corrected chi connectivity index (χ2v) is 9.90. The van der Waals surface area contributed by atoms with Crippen LogP contribution in [0.25, 0.3) is 0 Å². The van der Waals surface area contributed by atoms with Gasteiger partial charge in [0.05, 0.1) is 18.7 Å². The van der Waals surface area contributed by atoms with E-state index >= 15 is 0 Å². The highest BCUT2D eigenvalue weighted by Gasteiger charge is 2.34. The second kappa shape index (κ2) is 9.33. The number of thiophene rings is 1. The first-order valence-corrected chi connectivity index (χ1v) is 11.8. The van der Waals surface area contributed by atoms with Crippen molar-refractivity contribution in [3.63, 3.8) is 0 Å². The average molecular weight is 438 g/mol. The molecular weight excluding hydrogens is 407 g/mol. The zero-order valence-electron chi connectivity index (χ0n) is 18.4. The number of halogens is 1. The van der Waals surface area contributed by atoms with Crippen molar-refractivity contribution in [1.29, 1.82) is 0 Å². The third-order valence-electron chi connectivity index (χ3n) is 6.51. The van der Waals surface area contributed by atoms with Crippen LogP contribution in [0, 0.1) is 25.6 Å². The molecule has 0 spiro atoms. The largest absolute Gasteiger partial charge is 0.325 e. The number of carbonyl (C=O) groups excluding carboxylic acids is 1. The van der Waals surface area contributed by atoms with Crippen molar-refractivity contribution in [1.82, 2.24) is 0 Å². The summed E-state index contributed by atoms with van der Waals surface area (Å²) in [6.07, 6.45) is 2.36. The van der Waals surface area contributed by atoms with E-state index in [1.54, 1.807) is 23.5 Å². The number of nitrogens with one attached hydrogen (secondary N) is 2. The van der Waals surface area contributed by atoms with Gasteiger partial charge in [-0.3, -0.25) is 4.79 Å². The molecule has 0 bridgehead atoms. The zero-order chi connectivity index (χ0) is 22.0. The molecule has 5 heteroatoms. The van der Waals surface area contributed by atoms with E-state index < -0.39 is 0 Å². The Balaban J connectivity index is 1.75. The Morgan fingerprint density at radius 2 is 1.71 bits per heavy atom. The Morgan fingerprint density at radius 3 is 2.35 bits per heavy atom. The lowest BCUT2D eigenvalue weighted by atomic mass is 9.91. The average Bonchev–Trinajstić information content (AvgIpc) is 3.05. The van der Waals surface area contributed by atoms with Gasteiger partial charge in [-0.05, 0) is 74.6 Å². The smallest absolute Gasteiger partial charge is 0.256 e. The monoisotopic (exact) mass is 437 g/mol. The lowest BCUT2D eigenvalue weighted by Gasteiger charge is -2.34. The number of anilines is 1. The number of quaternary nitrogens is 1. The van der Waals surface area contributed by atoms with Crippen LogP contribution in [-0.2, 0) is 0 Å². The Labute approximate surface area is 187 Å². The summed E-state index contributed by atoms with van der Waals surface area (Å²) < 4.78 is 13.7. The van der Waals surface area contributed by atoms with Gasteiger partial charge in [0.1, 0.15) is 16.9 Å². The summed E-state index contributed by atoms with van der Waals surface area (Å²) in [6.45, 7) is 8.71. The van der Waals surface area contributed by atoms with Crippen LogP contribution < -0.4 is 10.2 Å². The molecule has 1 amide bonds. The first kappa shape index (κ1) is 21.7. The number of likely N-dealkylation sites (tertiary alicyclic amines) is 1. The molecule has 162 valence electrons. The fourth-order valence-electron chi connectivity index (χ4n) is 4.53. The van der Waals surface area contributed by atoms with Gasteiger partial charge in [0.2, 0.25) is 0 Å². The van der Waals surface area contributed by atoms with Gasteiger partial charge < -0.3 is 10.2 Å². The molecule has 3 aromatic rings. The predicted molar refractivity (Wildman–Crippen MR) is 126 cm³/mol. The predicted octanol–water partition coefficient (Wildman–Crippen LogP) is 5.16. The highest BCUT2D eigenvalue weighted by atomic mass is 32.1. The zero-order valence-corrected chi connectivity index (χ0v) is 19.2. The minimum atomic E-state index is -0.222. The SMILES string of the molecule is Cc1sc(NC(=O)c2ccccc2)c([C@H](c2ccc(F)cc2)[NH+]2CCC(C)CC2)c1C. The number of rotatable bonds is 5. The summed E-state index contributed by atoms with van der Waals surface area (Å²) in [5, 5.41) is 4.10. The van der Waals surface area contributed by atoms with Crippen LogP contribution in [0.2, 0.25) is 0 Å². The van der Waals surface area contributed by atoms with Gasteiger partial charge in [0.15, 0.2) is 0 Å². The molecule has 4 rings (SSSR count). The maximum absolute atomic E-state index is 13.7. The minimum absolute atomic E-state index is 0.0733. The molecular formula is C26H30FN2OS+. The fraction of sp³-hybridized carbons (Fsp3) is 0.346. The van der Waals surface area contributed by atoms with E-state index in [1.165, 1.54) is 33.7 Å². The molecule has 0 aliphatic carbocycles. The van der Waals surface area contributed by atoms with Crippen molar-refractivity contribution in [3.05, 3.63) is 87.5 Å². The molecule has 1 fully saturated rings. The molecule has 31 heavy (non-hydrogen) atoms. The first-order valence-electron chi connectivity index (χ1n) is 11.0. The molecule has 1 aromatic heterocycles. The standard InChI is InChI=1S/C26H29FN2OS/c1-17-13-15-29(16-14-17)24(20-9-11-22(27)12-10-20)23-18(2)19(3)31-26(23)28-25(30)21-7-5-4-6-8-21/h4-12,17,24H,13-16H2,1-3H3,(H,28,30)/p+1/t24-/m0/s1. The van der Waals surface area contributed by atoms with Crippen molar-refractivity contribution in [2.75, 3.05) is 18.4 Å². The molecule has 2 heterocycles. The Hall–Kier alpha value is -2.50. The van der Waals surface area contributed by atoms with Crippen molar-refractivity contribution >= 4 is 22.2 Å². The fourth-order valence-corrected chi connectivity index (χ4v) is 5.63. The molecule has 2 aromatic carbocycles. The highest BCUT2D eigenvalue weighted by Crippen LogP contribution is 2.39. The number of hydrogen-bond donors (Lipinski definition) is 2. The topological polar surface area (TPSA) is 33.5 Å². The van der Waals surface area contributed by atoms with Crippen LogP contribution in [0.5, 0.6) is 0 Å². The quantitative estimate of drug-likeness (QED) is 0.568. The van der Waals surface area contributed by atoms with Gasteiger partial charge in [0.25, 0.3) is 5.91 Å². The number of amides is 1. The molecule has 2 N–H and O–H groups in total. The lowest BCUT2D eigenvalue weighted by molar-refractivity contribution is -0.931. The molecule has 1 aliphatic rings. The van der Waals surface area contributed by atoms with E-state index in [1.807, 2.05) is 42.5 Å². The molecule has 1 aliphatic heterocycles. The van der Waals surface area contributed by atoms with Gasteiger partial charge in [-0.2, -0.15) is 0 Å². The molecule has 3 nitrogen and oxygen atoms in total. The van der Waals surface area contributed by atoms with Gasteiger partial charge in [-0.15, -0.1) is 11.3 Å². The number of piperidine rings is 1. The number of benzene rings is 2. The Morgan fingerprint density at radius 1 is 1.06 bits per heavy atom. The summed E-state index contributed by atoms with van der Waals surface area (Å²) in [7, 11) is 0. The molecule has 0 radical (unpaired) electrons. The summed E-state index contributed by atoms with van der Waals surface area (Å²) in [6, 6.07) is 16.3. The van der Waals surface area contributed by atoms with Gasteiger partial charge >= 0.3 is 0 Å². The first-order chi connectivity index (χ1) is 14.9. The molecule has 1 saturated heterocycles. The maximum Gasteiger partial charge on any atom is 0.256 e. The summed E-state index contributed by atoms with van der Waals surface area (Å²) in [4.78, 5) is 15.6. The van der Waals surface area contributed by atoms with Gasteiger partial charge in [-0.25, -0.2) is 4.39 Å². The molecule has 0 unspecified atom stereocenters. The lowest BCUT2D eigenvalue weighted by Crippen LogP contribution is -3.13. The van der Waals surface area contributed by atoms with Crippen LogP contribution in [-0.4, -0.2) is 19.0 Å². The van der Waals surface area contributed by atoms with E-state index in [0.717, 1.165) is 29.6 Å². The Kier molecular flexibility index (Phi) is 6.54. The third kappa shape index (κ3) is 4.73. The van der Waals surface area contributed by atoms with E-state index in [0.29, 0.717) is 5.56 Å². The van der Waals surface area contributed by atoms with Gasteiger partial charge in [-0.1, -0.05) is 25.1 Å².